The van der Waals surface area contributed by atoms with Crippen LogP contribution in [-0.2, 0) is 10.8 Å². The number of benzene rings is 2. The summed E-state index contributed by atoms with van der Waals surface area (Å²) >= 11 is 0. The lowest BCUT2D eigenvalue weighted by Crippen LogP contribution is -2.27. The van der Waals surface area contributed by atoms with Crippen molar-refractivity contribution >= 4 is 22.8 Å². The fourth-order valence-electron chi connectivity index (χ4n) is 7.91. The summed E-state index contributed by atoms with van der Waals surface area (Å²) in [5.41, 5.74) is 5.83. The Morgan fingerprint density at radius 2 is 1.07 bits per heavy atom. The van der Waals surface area contributed by atoms with Crippen LogP contribution < -0.4 is 4.90 Å². The molecule has 334 valence electrons. The summed E-state index contributed by atoms with van der Waals surface area (Å²) in [6, 6.07) is 16.8. The van der Waals surface area contributed by atoms with Crippen molar-refractivity contribution in [3.63, 3.8) is 0 Å². The molecule has 68 heavy (non-hydrogen) atoms. The van der Waals surface area contributed by atoms with E-state index >= 15 is 0 Å². The first-order valence-corrected chi connectivity index (χ1v) is 23.2. The van der Waals surface area contributed by atoms with E-state index in [9.17, 15) is 10.1 Å². The smallest absolute Gasteiger partial charge is 0.269 e. The van der Waals surface area contributed by atoms with Gasteiger partial charge in [-0.1, -0.05) is 140 Å². The monoisotopic (exact) mass is 886 g/mol. The molecule has 5 nitrogen and oxygen atoms in total. The molecule has 0 N–H and O–H groups in total. The van der Waals surface area contributed by atoms with Crippen molar-refractivity contribution in [2.45, 2.75) is 122 Å². The maximum atomic E-state index is 11.8. The van der Waals surface area contributed by atoms with Gasteiger partial charge in [0, 0.05) is 118 Å². The molecule has 2 aliphatic rings. The summed E-state index contributed by atoms with van der Waals surface area (Å²) in [5.74, 6) is 51.3. The second kappa shape index (κ2) is 29.1. The molecule has 0 radical (unpaired) electrons. The van der Waals surface area contributed by atoms with E-state index in [1.807, 2.05) is 47.1 Å². The van der Waals surface area contributed by atoms with E-state index in [4.69, 9.17) is 6.42 Å². The molecule has 0 saturated heterocycles. The average Bonchev–Trinajstić information content (AvgIpc) is 3.68. The van der Waals surface area contributed by atoms with Crippen LogP contribution in [0.5, 0.6) is 0 Å². The molecule has 0 aromatic heterocycles. The van der Waals surface area contributed by atoms with E-state index in [1.54, 1.807) is 12.1 Å². The Morgan fingerprint density at radius 3 is 1.62 bits per heavy atom. The minimum absolute atomic E-state index is 0.124. The number of fused-ring (bicyclic) bond motifs is 2. The zero-order valence-corrected chi connectivity index (χ0v) is 40.0. The first kappa shape index (κ1) is 52.1. The van der Waals surface area contributed by atoms with Gasteiger partial charge in [0.15, 0.2) is 0 Å². The van der Waals surface area contributed by atoms with Crippen molar-refractivity contribution < 1.29 is 9.50 Å². The predicted octanol–water partition coefficient (Wildman–Crippen LogP) is 11.6. The summed E-state index contributed by atoms with van der Waals surface area (Å²) < 4.78 is 1.98. The third-order valence-corrected chi connectivity index (χ3v) is 11.3. The molecular weight excluding hydrogens is 831 g/mol. The van der Waals surface area contributed by atoms with Crippen molar-refractivity contribution in [2.24, 2.45) is 0 Å². The zero-order chi connectivity index (χ0) is 48.7. The lowest BCUT2D eigenvalue weighted by atomic mass is 9.81. The molecular formula is C63H56N3O2+. The van der Waals surface area contributed by atoms with E-state index in [2.05, 4.69) is 194 Å². The van der Waals surface area contributed by atoms with Gasteiger partial charge >= 0.3 is 0 Å². The zero-order valence-electron chi connectivity index (χ0n) is 40.0. The molecule has 0 bridgehead atoms. The number of anilines is 1. The number of hydrogen-bond donors (Lipinski definition) is 0. The van der Waals surface area contributed by atoms with Gasteiger partial charge in [-0.25, -0.2) is 0 Å². The number of rotatable bonds is 18. The Morgan fingerprint density at radius 1 is 0.588 bits per heavy atom. The highest BCUT2D eigenvalue weighted by Gasteiger charge is 2.44. The lowest BCUT2D eigenvalue weighted by molar-refractivity contribution is -0.384. The summed E-state index contributed by atoms with van der Waals surface area (Å²) in [6.45, 7) is 11.8. The summed E-state index contributed by atoms with van der Waals surface area (Å²) in [4.78, 5) is 13.8. The molecule has 5 heteroatoms. The summed E-state index contributed by atoms with van der Waals surface area (Å²) in [5, 5.41) is 11.8. The van der Waals surface area contributed by atoms with E-state index in [-0.39, 0.29) is 16.0 Å². The standard InChI is InChI=1S/C63H56N3O2/c1-7-9-11-13-15-17-19-21-22-23-24-25-26-27-28-30-32-33-38-44-52-64-58-47-43-42-46-56(58)62(3,4)60(64)48-40-36-35-37-41-49-61-63(5,6)57-54-55(66(67)68)50-51-59(57)65(61)53-45-39-34-31-29-20-18-16-14-12-10-8-2/h1,35-37,40-43,46-51,54H,8,10,12,14,16,18,20,29,31,34,39,45,53H2,2-6H3/q+1. The molecule has 0 amide bonds. The highest BCUT2D eigenvalue weighted by molar-refractivity contribution is 6.03. The van der Waals surface area contributed by atoms with E-state index in [0.717, 1.165) is 41.3 Å². The van der Waals surface area contributed by atoms with Gasteiger partial charge in [-0.3, -0.25) is 10.1 Å². The van der Waals surface area contributed by atoms with Gasteiger partial charge in [0.05, 0.1) is 16.3 Å². The molecule has 0 unspecified atom stereocenters. The number of nitro benzene ring substituents is 1. The van der Waals surface area contributed by atoms with Crippen LogP contribution in [0.4, 0.5) is 17.1 Å². The number of non-ortho nitro benzene ring substituents is 1. The van der Waals surface area contributed by atoms with Gasteiger partial charge in [0.25, 0.3) is 5.69 Å². The van der Waals surface area contributed by atoms with Crippen LogP contribution in [0.15, 0.2) is 90.7 Å². The van der Waals surface area contributed by atoms with Crippen LogP contribution >= 0.6 is 0 Å². The minimum Gasteiger partial charge on any atom is -0.344 e. The second-order valence-corrected chi connectivity index (χ2v) is 16.8. The molecule has 2 aliphatic heterocycles. The van der Waals surface area contributed by atoms with E-state index in [0.29, 0.717) is 0 Å². The van der Waals surface area contributed by atoms with Crippen molar-refractivity contribution in [3.05, 3.63) is 112 Å². The molecule has 0 saturated carbocycles. The van der Waals surface area contributed by atoms with Gasteiger partial charge in [0.1, 0.15) is 0 Å². The van der Waals surface area contributed by atoms with E-state index in [1.165, 1.54) is 76.2 Å². The first-order valence-electron chi connectivity index (χ1n) is 23.2. The third kappa shape index (κ3) is 16.5. The number of nitro groups is 1. The van der Waals surface area contributed by atoms with Crippen LogP contribution in [-0.4, -0.2) is 21.8 Å². The van der Waals surface area contributed by atoms with E-state index < -0.39 is 5.41 Å². The van der Waals surface area contributed by atoms with Crippen molar-refractivity contribution in [1.29, 1.82) is 0 Å². The Kier molecular flexibility index (Phi) is 22.2. The fourth-order valence-corrected chi connectivity index (χ4v) is 7.91. The number of unbranched alkanes of at least 4 members (excludes halogenated alkanes) is 11. The largest absolute Gasteiger partial charge is 0.344 e. The fraction of sp³-hybridized carbons (Fsp3) is 0.317. The highest BCUT2D eigenvalue weighted by atomic mass is 16.6. The molecule has 0 fully saturated rings. The predicted molar refractivity (Wildman–Crippen MR) is 281 cm³/mol. The SMILES string of the molecule is C#CC#CC#CC#CC#CC#CC#CC#CC#CC#CC#C[N+]1=C(C=CC=CC=CC=C2N(CCCCCCCCCCCCCC)c3ccc([N+](=O)[O-])cc3C2(C)C)C(C)(C)c2ccccc21. The highest BCUT2D eigenvalue weighted by Crippen LogP contribution is 2.49. The van der Waals surface area contributed by atoms with Crippen molar-refractivity contribution in [3.8, 4) is 131 Å². The topological polar surface area (TPSA) is 49.4 Å². The second-order valence-electron chi connectivity index (χ2n) is 16.8. The van der Waals surface area contributed by atoms with Crippen molar-refractivity contribution in [2.75, 3.05) is 11.4 Å². The normalized spacial score (nSPS) is 13.4. The third-order valence-electron chi connectivity index (χ3n) is 11.3. The Bertz CT molecular complexity index is 3060. The van der Waals surface area contributed by atoms with Gasteiger partial charge in [-0.15, -0.1) is 11.0 Å². The molecule has 2 heterocycles. The summed E-state index contributed by atoms with van der Waals surface area (Å²) in [6.07, 6.45) is 34.9. The van der Waals surface area contributed by atoms with Crippen LogP contribution in [0.1, 0.15) is 123 Å². The van der Waals surface area contributed by atoms with Gasteiger partial charge in [-0.05, 0) is 85.3 Å². The molecule has 4 rings (SSSR count). The maximum absolute atomic E-state index is 11.8. The van der Waals surface area contributed by atoms with Gasteiger partial charge in [0.2, 0.25) is 17.4 Å². The van der Waals surface area contributed by atoms with Crippen LogP contribution in [0, 0.1) is 141 Å². The average molecular weight is 887 g/mol. The number of hydrogen-bond acceptors (Lipinski definition) is 3. The quantitative estimate of drug-likeness (QED) is 0.0374. The molecule has 0 atom stereocenters. The van der Waals surface area contributed by atoms with Gasteiger partial charge < -0.3 is 4.90 Å². The summed E-state index contributed by atoms with van der Waals surface area (Å²) in [7, 11) is 0. The molecule has 2 aromatic carbocycles. The number of nitrogens with zero attached hydrogens (tertiary/aromatic N) is 3. The number of para-hydroxylation sites is 1. The van der Waals surface area contributed by atoms with Gasteiger partial charge in [-0.2, -0.15) is 0 Å². The van der Waals surface area contributed by atoms with Crippen molar-refractivity contribution in [1.82, 2.24) is 0 Å². The number of allylic oxidation sites excluding steroid dienone is 8. The lowest BCUT2D eigenvalue weighted by Gasteiger charge is -2.27. The molecule has 0 aliphatic carbocycles. The molecule has 2 aromatic rings. The number of terminal acetylenes is 1. The van der Waals surface area contributed by atoms with Crippen LogP contribution in [0.25, 0.3) is 0 Å². The molecule has 0 spiro atoms. The Balaban J connectivity index is 1.41. The van der Waals surface area contributed by atoms with Crippen LogP contribution in [0.2, 0.25) is 0 Å². The Hall–Kier alpha value is -8.57. The Labute approximate surface area is 407 Å². The maximum Gasteiger partial charge on any atom is 0.269 e. The first-order chi connectivity index (χ1) is 33.1. The minimum atomic E-state index is -0.390. The van der Waals surface area contributed by atoms with Crippen LogP contribution in [0.3, 0.4) is 0 Å².